The van der Waals surface area contributed by atoms with Gasteiger partial charge in [0.15, 0.2) is 0 Å². The second kappa shape index (κ2) is 14.0. The highest BCUT2D eigenvalue weighted by Gasteiger charge is 2.29. The minimum atomic E-state index is -0.334. The van der Waals surface area contributed by atoms with Gasteiger partial charge in [0.05, 0.1) is 17.9 Å². The Morgan fingerprint density at radius 2 is 1.52 bits per heavy atom. The number of allylic oxidation sites excluding steroid dienone is 2. The van der Waals surface area contributed by atoms with Crippen LogP contribution in [0.3, 0.4) is 0 Å². The van der Waals surface area contributed by atoms with E-state index in [2.05, 4.69) is 5.32 Å². The molecule has 220 valence electrons. The van der Waals surface area contributed by atoms with Crippen molar-refractivity contribution in [3.8, 4) is 0 Å². The van der Waals surface area contributed by atoms with E-state index in [-0.39, 0.29) is 42.5 Å². The van der Waals surface area contributed by atoms with Gasteiger partial charge >= 0.3 is 0 Å². The molecule has 4 rings (SSSR count). The number of anilines is 1. The number of carbonyl (C=O) groups excluding carboxylic acids is 2. The molecule has 6 nitrogen and oxygen atoms in total. The van der Waals surface area contributed by atoms with Gasteiger partial charge in [-0.3, -0.25) is 19.4 Å². The molecule has 0 heterocycles. The lowest BCUT2D eigenvalue weighted by Gasteiger charge is -2.33. The van der Waals surface area contributed by atoms with Crippen LogP contribution >= 0.6 is 0 Å². The number of benzene rings is 3. The Morgan fingerprint density at radius 1 is 0.905 bits per heavy atom. The maximum atomic E-state index is 14.0. The first-order valence-corrected chi connectivity index (χ1v) is 14.3. The predicted molar refractivity (Wildman–Crippen MR) is 162 cm³/mol. The molecule has 3 N–H and O–H groups in total. The van der Waals surface area contributed by atoms with Crippen LogP contribution in [0.15, 0.2) is 95.8 Å². The molecule has 1 unspecified atom stereocenters. The van der Waals surface area contributed by atoms with Crippen LogP contribution in [0.1, 0.15) is 56.2 Å². The van der Waals surface area contributed by atoms with Crippen LogP contribution in [-0.4, -0.2) is 36.3 Å². The Kier molecular flexibility index (Phi) is 10.3. The number of rotatable bonds is 11. The van der Waals surface area contributed by atoms with Gasteiger partial charge in [0.25, 0.3) is 0 Å². The Hall–Kier alpha value is -4.30. The fourth-order valence-corrected chi connectivity index (χ4v) is 5.19. The van der Waals surface area contributed by atoms with Gasteiger partial charge in [0, 0.05) is 23.7 Å². The van der Waals surface area contributed by atoms with Gasteiger partial charge < -0.3 is 11.1 Å². The van der Waals surface area contributed by atoms with Crippen LogP contribution in [0.25, 0.3) is 0 Å². The van der Waals surface area contributed by atoms with Crippen LogP contribution in [0.4, 0.5) is 14.5 Å². The molecule has 0 spiro atoms. The number of hydrogen-bond acceptors (Lipinski definition) is 4. The molecule has 2 amide bonds. The molecule has 0 bridgehead atoms. The summed E-state index contributed by atoms with van der Waals surface area (Å²) < 4.78 is 26.9. The summed E-state index contributed by atoms with van der Waals surface area (Å²) in [6, 6.07) is 20.0. The van der Waals surface area contributed by atoms with Crippen molar-refractivity contribution in [2.24, 2.45) is 5.73 Å². The SMILES string of the molecule is CCN(CC)CC(=O)N(C1=C(N)C=C(C(=O)NCc2ccc(F)cc2)CC1)c1ccccc1C(C)c1ccc(F)cc1. The third kappa shape index (κ3) is 7.31. The summed E-state index contributed by atoms with van der Waals surface area (Å²) in [5.74, 6) is -1.14. The van der Waals surface area contributed by atoms with E-state index in [1.165, 1.54) is 24.3 Å². The number of carbonyl (C=O) groups is 2. The molecule has 0 saturated carbocycles. The van der Waals surface area contributed by atoms with E-state index in [1.807, 2.05) is 49.9 Å². The Labute approximate surface area is 246 Å². The third-order valence-electron chi connectivity index (χ3n) is 7.74. The fourth-order valence-electron chi connectivity index (χ4n) is 5.19. The average molecular weight is 573 g/mol. The van der Waals surface area contributed by atoms with Crippen LogP contribution in [-0.2, 0) is 16.1 Å². The first-order valence-electron chi connectivity index (χ1n) is 14.3. The largest absolute Gasteiger partial charge is 0.397 e. The number of nitrogens with two attached hydrogens (primary N) is 1. The zero-order valence-corrected chi connectivity index (χ0v) is 24.4. The Bertz CT molecular complexity index is 1460. The molecule has 1 aliphatic rings. The zero-order valence-electron chi connectivity index (χ0n) is 24.4. The molecule has 8 heteroatoms. The normalized spacial score (nSPS) is 14.0. The van der Waals surface area contributed by atoms with Crippen LogP contribution in [0.2, 0.25) is 0 Å². The number of para-hydroxylation sites is 1. The van der Waals surface area contributed by atoms with Gasteiger partial charge in [-0.05, 0) is 79.0 Å². The van der Waals surface area contributed by atoms with E-state index in [4.69, 9.17) is 5.73 Å². The second-order valence-electron chi connectivity index (χ2n) is 10.4. The summed E-state index contributed by atoms with van der Waals surface area (Å²) in [5, 5.41) is 2.87. The minimum Gasteiger partial charge on any atom is -0.397 e. The minimum absolute atomic E-state index is 0.118. The topological polar surface area (TPSA) is 78.7 Å². The Morgan fingerprint density at radius 3 is 2.14 bits per heavy atom. The maximum absolute atomic E-state index is 14.0. The molecule has 0 saturated heterocycles. The smallest absolute Gasteiger partial charge is 0.247 e. The first-order chi connectivity index (χ1) is 20.2. The molecule has 0 radical (unpaired) electrons. The standard InChI is InChI=1S/C34H38F2N4O2/c1-4-39(5-2)22-33(41)40(31-9-7-6-8-29(31)23(3)25-12-17-28(36)18-13-25)32-19-14-26(20-30(32)37)34(42)38-21-24-10-15-27(35)16-11-24/h6-13,15-18,20,23H,4-5,14,19,21-22,37H2,1-3H3,(H,38,42). The average Bonchev–Trinajstić information content (AvgIpc) is 3.00. The highest BCUT2D eigenvalue weighted by Crippen LogP contribution is 2.37. The lowest BCUT2D eigenvalue weighted by Crippen LogP contribution is -2.42. The Balaban J connectivity index is 1.68. The first kappa shape index (κ1) is 30.7. The van der Waals surface area contributed by atoms with Crippen LogP contribution in [0.5, 0.6) is 0 Å². The highest BCUT2D eigenvalue weighted by atomic mass is 19.1. The number of nitrogens with one attached hydrogen (secondary N) is 1. The molecular formula is C34H38F2N4O2. The van der Waals surface area contributed by atoms with Crippen LogP contribution in [0, 0.1) is 11.6 Å². The number of hydrogen-bond donors (Lipinski definition) is 2. The number of amides is 2. The van der Waals surface area contributed by atoms with Crippen molar-refractivity contribution >= 4 is 17.5 Å². The van der Waals surface area contributed by atoms with E-state index in [0.29, 0.717) is 35.5 Å². The summed E-state index contributed by atoms with van der Waals surface area (Å²) in [6.45, 7) is 7.96. The summed E-state index contributed by atoms with van der Waals surface area (Å²) in [7, 11) is 0. The molecule has 0 aliphatic heterocycles. The molecule has 42 heavy (non-hydrogen) atoms. The van der Waals surface area contributed by atoms with Crippen molar-refractivity contribution in [3.05, 3.63) is 124 Å². The lowest BCUT2D eigenvalue weighted by molar-refractivity contribution is -0.119. The van der Waals surface area contributed by atoms with Gasteiger partial charge in [0.1, 0.15) is 11.6 Å². The number of nitrogens with zero attached hydrogens (tertiary/aromatic N) is 2. The molecule has 0 fully saturated rings. The van der Waals surface area contributed by atoms with Crippen LogP contribution < -0.4 is 16.0 Å². The van der Waals surface area contributed by atoms with Crippen molar-refractivity contribution in [2.75, 3.05) is 24.5 Å². The molecule has 1 aliphatic carbocycles. The van der Waals surface area contributed by atoms with E-state index < -0.39 is 0 Å². The summed E-state index contributed by atoms with van der Waals surface area (Å²) in [5.41, 5.74) is 11.4. The fraction of sp³-hybridized carbons (Fsp3) is 0.294. The number of likely N-dealkylation sites (N-methyl/N-ethyl adjacent to an activating group) is 1. The van der Waals surface area contributed by atoms with E-state index in [1.54, 1.807) is 35.2 Å². The maximum Gasteiger partial charge on any atom is 0.247 e. The van der Waals surface area contributed by atoms with Gasteiger partial charge in [-0.1, -0.05) is 63.2 Å². The monoisotopic (exact) mass is 572 g/mol. The van der Waals surface area contributed by atoms with E-state index >= 15 is 0 Å². The van der Waals surface area contributed by atoms with Crippen molar-refractivity contribution in [2.45, 2.75) is 46.1 Å². The van der Waals surface area contributed by atoms with Crippen molar-refractivity contribution in [3.63, 3.8) is 0 Å². The zero-order chi connectivity index (χ0) is 30.2. The molecule has 3 aromatic rings. The van der Waals surface area contributed by atoms with Gasteiger partial charge in [-0.15, -0.1) is 0 Å². The lowest BCUT2D eigenvalue weighted by atomic mass is 9.90. The molecule has 0 aromatic heterocycles. The number of halogens is 2. The molecular weight excluding hydrogens is 534 g/mol. The summed E-state index contributed by atoms with van der Waals surface area (Å²) in [4.78, 5) is 30.7. The summed E-state index contributed by atoms with van der Waals surface area (Å²) >= 11 is 0. The van der Waals surface area contributed by atoms with Crippen molar-refractivity contribution < 1.29 is 18.4 Å². The quantitative estimate of drug-likeness (QED) is 0.296. The van der Waals surface area contributed by atoms with E-state index in [9.17, 15) is 18.4 Å². The molecule has 1 atom stereocenters. The highest BCUT2D eigenvalue weighted by molar-refractivity contribution is 6.00. The summed E-state index contributed by atoms with van der Waals surface area (Å²) in [6.07, 6.45) is 2.43. The van der Waals surface area contributed by atoms with Gasteiger partial charge in [0.2, 0.25) is 11.8 Å². The van der Waals surface area contributed by atoms with E-state index in [0.717, 1.165) is 29.8 Å². The second-order valence-corrected chi connectivity index (χ2v) is 10.4. The van der Waals surface area contributed by atoms with Gasteiger partial charge in [-0.2, -0.15) is 0 Å². The third-order valence-corrected chi connectivity index (χ3v) is 7.74. The molecule has 3 aromatic carbocycles. The van der Waals surface area contributed by atoms with Crippen molar-refractivity contribution in [1.82, 2.24) is 10.2 Å². The predicted octanol–water partition coefficient (Wildman–Crippen LogP) is 6.00. The van der Waals surface area contributed by atoms with Gasteiger partial charge in [-0.25, -0.2) is 8.78 Å². The van der Waals surface area contributed by atoms with Crippen molar-refractivity contribution in [1.29, 1.82) is 0 Å².